The molecule has 17 heavy (non-hydrogen) atoms. The van der Waals surface area contributed by atoms with E-state index in [1.807, 2.05) is 0 Å². The molecule has 2 amide bonds. The Bertz CT molecular complexity index is 375. The molecule has 1 aromatic heterocycles. The lowest BCUT2D eigenvalue weighted by molar-refractivity contribution is -0.138. The van der Waals surface area contributed by atoms with Gasteiger partial charge in [-0.1, -0.05) is 5.16 Å². The van der Waals surface area contributed by atoms with Gasteiger partial charge in [-0.3, -0.25) is 4.79 Å². The summed E-state index contributed by atoms with van der Waals surface area (Å²) >= 11 is 0. The summed E-state index contributed by atoms with van der Waals surface area (Å²) < 4.78 is 4.61. The van der Waals surface area contributed by atoms with Crippen molar-refractivity contribution in [2.45, 2.75) is 26.4 Å². The fourth-order valence-electron chi connectivity index (χ4n) is 1.23. The Kier molecular flexibility index (Phi) is 4.50. The second-order valence-corrected chi connectivity index (χ2v) is 3.76. The number of aliphatic carboxylic acids is 1. The van der Waals surface area contributed by atoms with Gasteiger partial charge in [-0.25, -0.2) is 4.79 Å². The van der Waals surface area contributed by atoms with Crippen LogP contribution in [-0.2, 0) is 11.3 Å². The number of carboxylic acid groups (broad SMARTS) is 1. The van der Waals surface area contributed by atoms with Crippen LogP contribution in [0, 0.1) is 0 Å². The van der Waals surface area contributed by atoms with Crippen LogP contribution in [0.25, 0.3) is 0 Å². The van der Waals surface area contributed by atoms with Crippen LogP contribution in [0.2, 0.25) is 0 Å². The van der Waals surface area contributed by atoms with Gasteiger partial charge in [0.25, 0.3) is 0 Å². The van der Waals surface area contributed by atoms with Crippen LogP contribution in [-0.4, -0.2) is 39.8 Å². The fraction of sp³-hybridized carbons (Fsp3) is 0.500. The molecule has 7 heteroatoms. The monoisotopic (exact) mass is 241 g/mol. The largest absolute Gasteiger partial charge is 0.480 e. The third-order valence-corrected chi connectivity index (χ3v) is 2.10. The number of hydrogen-bond donors (Lipinski definition) is 2. The van der Waals surface area contributed by atoms with Crippen molar-refractivity contribution in [2.75, 3.05) is 6.54 Å². The number of carbonyl (C=O) groups is 2. The van der Waals surface area contributed by atoms with Gasteiger partial charge in [0.15, 0.2) is 0 Å². The summed E-state index contributed by atoms with van der Waals surface area (Å²) in [6, 6.07) is 0.991. The van der Waals surface area contributed by atoms with Gasteiger partial charge < -0.3 is 19.8 Å². The molecular weight excluding hydrogens is 226 g/mol. The average Bonchev–Trinajstić information content (AvgIpc) is 2.74. The molecule has 2 N–H and O–H groups in total. The van der Waals surface area contributed by atoms with Gasteiger partial charge in [0, 0.05) is 12.1 Å². The van der Waals surface area contributed by atoms with Crippen LogP contribution < -0.4 is 5.32 Å². The van der Waals surface area contributed by atoms with Crippen LogP contribution in [0.15, 0.2) is 16.9 Å². The van der Waals surface area contributed by atoms with E-state index >= 15 is 0 Å². The minimum Gasteiger partial charge on any atom is -0.480 e. The zero-order chi connectivity index (χ0) is 12.8. The van der Waals surface area contributed by atoms with E-state index in [-0.39, 0.29) is 19.1 Å². The van der Waals surface area contributed by atoms with E-state index in [0.717, 1.165) is 0 Å². The molecule has 0 aliphatic rings. The van der Waals surface area contributed by atoms with Crippen molar-refractivity contribution >= 4 is 12.0 Å². The number of hydrogen-bond acceptors (Lipinski definition) is 4. The maximum atomic E-state index is 11.7. The molecule has 0 bridgehead atoms. The smallest absolute Gasteiger partial charge is 0.323 e. The average molecular weight is 241 g/mol. The zero-order valence-electron chi connectivity index (χ0n) is 9.71. The topological polar surface area (TPSA) is 95.7 Å². The number of carboxylic acids is 1. The molecule has 0 fully saturated rings. The molecule has 1 rings (SSSR count). The second-order valence-electron chi connectivity index (χ2n) is 3.76. The predicted octanol–water partition coefficient (Wildman–Crippen LogP) is 0.679. The molecule has 1 heterocycles. The van der Waals surface area contributed by atoms with Gasteiger partial charge >= 0.3 is 12.0 Å². The first-order valence-corrected chi connectivity index (χ1v) is 5.16. The van der Waals surface area contributed by atoms with Crippen LogP contribution >= 0.6 is 0 Å². The number of nitrogens with zero attached hydrogens (tertiary/aromatic N) is 2. The lowest BCUT2D eigenvalue weighted by atomic mass is 10.3. The highest BCUT2D eigenvalue weighted by atomic mass is 16.5. The first-order chi connectivity index (χ1) is 8.00. The molecule has 0 unspecified atom stereocenters. The van der Waals surface area contributed by atoms with Crippen molar-refractivity contribution in [1.82, 2.24) is 15.4 Å². The normalized spacial score (nSPS) is 10.3. The Labute approximate surface area is 98.4 Å². The van der Waals surface area contributed by atoms with E-state index in [1.165, 1.54) is 11.2 Å². The third-order valence-electron chi connectivity index (χ3n) is 2.10. The first-order valence-electron chi connectivity index (χ1n) is 5.16. The number of aromatic nitrogens is 1. The summed E-state index contributed by atoms with van der Waals surface area (Å²) in [5.74, 6) is -1.05. The van der Waals surface area contributed by atoms with Gasteiger partial charge in [-0.15, -0.1) is 0 Å². The molecule has 0 aromatic carbocycles. The summed E-state index contributed by atoms with van der Waals surface area (Å²) in [4.78, 5) is 23.5. The minimum absolute atomic E-state index is 0.191. The maximum Gasteiger partial charge on any atom is 0.323 e. The van der Waals surface area contributed by atoms with Crippen molar-refractivity contribution in [3.8, 4) is 0 Å². The summed E-state index contributed by atoms with van der Waals surface area (Å²) in [7, 11) is 0. The third kappa shape index (κ3) is 4.13. The maximum absolute atomic E-state index is 11.7. The Morgan fingerprint density at radius 2 is 2.29 bits per heavy atom. The Hall–Kier alpha value is -2.05. The Balaban J connectivity index is 2.50. The van der Waals surface area contributed by atoms with E-state index in [4.69, 9.17) is 5.11 Å². The number of urea groups is 1. The highest BCUT2D eigenvalue weighted by Gasteiger charge is 2.19. The van der Waals surface area contributed by atoms with Crippen molar-refractivity contribution in [2.24, 2.45) is 0 Å². The molecule has 0 aliphatic carbocycles. The summed E-state index contributed by atoms with van der Waals surface area (Å²) in [5.41, 5.74) is 0.581. The molecule has 0 atom stereocenters. The van der Waals surface area contributed by atoms with Gasteiger partial charge in [0.05, 0.1) is 6.54 Å². The zero-order valence-corrected chi connectivity index (χ0v) is 9.71. The summed E-state index contributed by atoms with van der Waals surface area (Å²) in [6.45, 7) is 3.37. The summed E-state index contributed by atoms with van der Waals surface area (Å²) in [5, 5.41) is 14.9. The molecule has 0 aliphatic heterocycles. The number of carbonyl (C=O) groups excluding carboxylic acids is 1. The molecule has 0 spiro atoms. The van der Waals surface area contributed by atoms with Crippen molar-refractivity contribution in [1.29, 1.82) is 0 Å². The van der Waals surface area contributed by atoms with Crippen molar-refractivity contribution < 1.29 is 19.2 Å². The Morgan fingerprint density at radius 3 is 2.76 bits per heavy atom. The second kappa shape index (κ2) is 5.88. The molecule has 0 saturated carbocycles. The Morgan fingerprint density at radius 1 is 1.59 bits per heavy atom. The number of amides is 2. The van der Waals surface area contributed by atoms with Crippen LogP contribution in [0.4, 0.5) is 4.79 Å². The molecule has 0 saturated heterocycles. The van der Waals surface area contributed by atoms with E-state index in [0.29, 0.717) is 5.69 Å². The molecule has 7 nitrogen and oxygen atoms in total. The number of rotatable bonds is 5. The quantitative estimate of drug-likeness (QED) is 0.790. The highest BCUT2D eigenvalue weighted by Crippen LogP contribution is 2.00. The summed E-state index contributed by atoms with van der Waals surface area (Å²) in [6.07, 6.45) is 1.40. The standard InChI is InChI=1S/C10H15N3O4/c1-7(2)13(6-9(14)15)10(16)11-5-8-3-4-17-12-8/h3-4,7H,5-6H2,1-2H3,(H,11,16)(H,14,15). The lowest BCUT2D eigenvalue weighted by Gasteiger charge is -2.24. The minimum atomic E-state index is -1.05. The molecular formula is C10H15N3O4. The van der Waals surface area contributed by atoms with Gasteiger partial charge in [0.2, 0.25) is 0 Å². The first kappa shape index (κ1) is 13.0. The van der Waals surface area contributed by atoms with Gasteiger partial charge in [-0.2, -0.15) is 0 Å². The van der Waals surface area contributed by atoms with Crippen LogP contribution in [0.5, 0.6) is 0 Å². The van der Waals surface area contributed by atoms with Gasteiger partial charge in [-0.05, 0) is 13.8 Å². The molecule has 94 valence electrons. The van der Waals surface area contributed by atoms with Crippen molar-refractivity contribution in [3.05, 3.63) is 18.0 Å². The van der Waals surface area contributed by atoms with Crippen LogP contribution in [0.1, 0.15) is 19.5 Å². The molecule has 0 radical (unpaired) electrons. The molecule has 1 aromatic rings. The SMILES string of the molecule is CC(C)N(CC(=O)O)C(=O)NCc1ccon1. The lowest BCUT2D eigenvalue weighted by Crippen LogP contribution is -2.46. The van der Waals surface area contributed by atoms with Crippen molar-refractivity contribution in [3.63, 3.8) is 0 Å². The van der Waals surface area contributed by atoms with Crippen LogP contribution in [0.3, 0.4) is 0 Å². The van der Waals surface area contributed by atoms with E-state index < -0.39 is 12.0 Å². The fourth-order valence-corrected chi connectivity index (χ4v) is 1.23. The highest BCUT2D eigenvalue weighted by molar-refractivity contribution is 5.80. The number of nitrogens with one attached hydrogen (secondary N) is 1. The predicted molar refractivity (Wildman–Crippen MR) is 58.2 cm³/mol. The van der Waals surface area contributed by atoms with E-state index in [9.17, 15) is 9.59 Å². The van der Waals surface area contributed by atoms with E-state index in [2.05, 4.69) is 15.0 Å². The van der Waals surface area contributed by atoms with E-state index in [1.54, 1.807) is 19.9 Å². The van der Waals surface area contributed by atoms with Gasteiger partial charge in [0.1, 0.15) is 18.5 Å².